The molecule has 1 saturated heterocycles. The predicted octanol–water partition coefficient (Wildman–Crippen LogP) is 3.06. The maximum Gasteiger partial charge on any atom is 0.216 e. The number of benzene rings is 1. The maximum absolute atomic E-state index is 11.9. The molecule has 1 aliphatic rings. The minimum Gasteiger partial charge on any atom is -0.354 e. The number of hydrogen-bond donors (Lipinski definition) is 3. The molecule has 3 N–H and O–H groups in total. The second-order valence-corrected chi connectivity index (χ2v) is 8.28. The minimum absolute atomic E-state index is 0.0200. The van der Waals surface area contributed by atoms with Crippen LogP contribution in [0, 0.1) is 19.8 Å². The average Bonchev–Trinajstić information content (AvgIpc) is 2.72. The average molecular weight is 395 g/mol. The number of rotatable bonds is 8. The largest absolute Gasteiger partial charge is 0.354 e. The van der Waals surface area contributed by atoms with Gasteiger partial charge in [-0.1, -0.05) is 23.8 Å². The lowest BCUT2D eigenvalue weighted by molar-refractivity contribution is -0.119. The van der Waals surface area contributed by atoms with Gasteiger partial charge in [0.1, 0.15) is 0 Å². The van der Waals surface area contributed by atoms with E-state index in [1.807, 2.05) is 12.4 Å². The van der Waals surface area contributed by atoms with E-state index in [0.717, 1.165) is 37.5 Å². The van der Waals surface area contributed by atoms with E-state index in [9.17, 15) is 4.79 Å². The number of pyridine rings is 1. The molecule has 0 saturated carbocycles. The lowest BCUT2D eigenvalue weighted by Gasteiger charge is -2.38. The van der Waals surface area contributed by atoms with E-state index in [2.05, 4.69) is 65.1 Å². The van der Waals surface area contributed by atoms with Crippen molar-refractivity contribution in [3.63, 3.8) is 0 Å². The van der Waals surface area contributed by atoms with Crippen LogP contribution >= 0.6 is 0 Å². The molecule has 29 heavy (non-hydrogen) atoms. The topological polar surface area (TPSA) is 66.1 Å². The van der Waals surface area contributed by atoms with E-state index in [0.29, 0.717) is 6.54 Å². The summed E-state index contributed by atoms with van der Waals surface area (Å²) in [5.41, 5.74) is 4.30. The number of carbonyl (C=O) groups excluding carboxylic acids is 1. The van der Waals surface area contributed by atoms with Crippen molar-refractivity contribution in [3.05, 3.63) is 65.0 Å². The smallest absolute Gasteiger partial charge is 0.216 e. The molecule has 0 bridgehead atoms. The van der Waals surface area contributed by atoms with E-state index in [1.54, 1.807) is 6.92 Å². The Labute approximate surface area is 174 Å². The van der Waals surface area contributed by atoms with Crippen molar-refractivity contribution in [1.29, 1.82) is 0 Å². The third kappa shape index (κ3) is 5.43. The lowest BCUT2D eigenvalue weighted by atomic mass is 9.80. The third-order valence-electron chi connectivity index (χ3n) is 6.06. The highest BCUT2D eigenvalue weighted by Crippen LogP contribution is 2.32. The molecule has 1 aromatic carbocycles. The summed E-state index contributed by atoms with van der Waals surface area (Å²) in [5.74, 6) is 0.729. The normalized spacial score (nSPS) is 16.9. The molecule has 0 radical (unpaired) electrons. The van der Waals surface area contributed by atoms with Crippen LogP contribution in [-0.4, -0.2) is 37.1 Å². The molecule has 2 heterocycles. The molecule has 1 unspecified atom stereocenters. The van der Waals surface area contributed by atoms with Gasteiger partial charge in [0.2, 0.25) is 5.91 Å². The summed E-state index contributed by atoms with van der Waals surface area (Å²) in [4.78, 5) is 16.1. The SMILES string of the molecule is CC(=O)NCC(NCCC1CCNCC1)(c1ccncc1)c1ccc(C)cc1C. The Kier molecular flexibility index (Phi) is 7.40. The molecule has 5 nitrogen and oxygen atoms in total. The molecule has 3 rings (SSSR count). The number of nitrogens with one attached hydrogen (secondary N) is 3. The summed E-state index contributed by atoms with van der Waals surface area (Å²) < 4.78 is 0. The quantitative estimate of drug-likeness (QED) is 0.644. The molecule has 0 spiro atoms. The summed E-state index contributed by atoms with van der Waals surface area (Å²) in [6.45, 7) is 9.48. The van der Waals surface area contributed by atoms with Crippen molar-refractivity contribution in [2.24, 2.45) is 5.92 Å². The van der Waals surface area contributed by atoms with Crippen LogP contribution in [0.4, 0.5) is 0 Å². The van der Waals surface area contributed by atoms with E-state index < -0.39 is 5.54 Å². The van der Waals surface area contributed by atoms with E-state index in [-0.39, 0.29) is 5.91 Å². The Morgan fingerprint density at radius 3 is 2.55 bits per heavy atom. The van der Waals surface area contributed by atoms with Gasteiger partial charge in [-0.15, -0.1) is 0 Å². The van der Waals surface area contributed by atoms with Crippen molar-refractivity contribution in [3.8, 4) is 0 Å². The van der Waals surface area contributed by atoms with Crippen LogP contribution in [0.3, 0.4) is 0 Å². The van der Waals surface area contributed by atoms with Gasteiger partial charge in [0.05, 0.1) is 5.54 Å². The number of carbonyl (C=O) groups is 1. The number of hydrogen-bond acceptors (Lipinski definition) is 4. The molecule has 2 aromatic rings. The van der Waals surface area contributed by atoms with Crippen LogP contribution in [0.2, 0.25) is 0 Å². The van der Waals surface area contributed by atoms with Gasteiger partial charge in [-0.25, -0.2) is 0 Å². The molecule has 1 aliphatic heterocycles. The summed E-state index contributed by atoms with van der Waals surface area (Å²) in [5, 5.41) is 10.4. The van der Waals surface area contributed by atoms with Gasteiger partial charge in [0, 0.05) is 25.9 Å². The summed E-state index contributed by atoms with van der Waals surface area (Å²) in [6, 6.07) is 10.7. The number of piperidine rings is 1. The number of amides is 1. The summed E-state index contributed by atoms with van der Waals surface area (Å²) in [7, 11) is 0. The Bertz CT molecular complexity index is 802. The Balaban J connectivity index is 1.95. The van der Waals surface area contributed by atoms with Crippen LogP contribution in [0.5, 0.6) is 0 Å². The Hall–Kier alpha value is -2.24. The van der Waals surface area contributed by atoms with Gasteiger partial charge in [-0.2, -0.15) is 0 Å². The van der Waals surface area contributed by atoms with Crippen LogP contribution < -0.4 is 16.0 Å². The highest BCUT2D eigenvalue weighted by molar-refractivity contribution is 5.73. The lowest BCUT2D eigenvalue weighted by Crippen LogP contribution is -2.52. The van der Waals surface area contributed by atoms with Gasteiger partial charge in [0.15, 0.2) is 0 Å². The van der Waals surface area contributed by atoms with E-state index >= 15 is 0 Å². The van der Waals surface area contributed by atoms with Gasteiger partial charge in [-0.05, 0) is 87.5 Å². The zero-order chi connectivity index (χ0) is 20.7. The number of nitrogens with zero attached hydrogens (tertiary/aromatic N) is 1. The number of aromatic nitrogens is 1. The molecule has 1 fully saturated rings. The molecular weight excluding hydrogens is 360 g/mol. The molecule has 1 atom stereocenters. The van der Waals surface area contributed by atoms with Crippen molar-refractivity contribution in [1.82, 2.24) is 20.9 Å². The van der Waals surface area contributed by atoms with Gasteiger partial charge >= 0.3 is 0 Å². The minimum atomic E-state index is -0.487. The fourth-order valence-electron chi connectivity index (χ4n) is 4.46. The Morgan fingerprint density at radius 1 is 1.17 bits per heavy atom. The predicted molar refractivity (Wildman–Crippen MR) is 118 cm³/mol. The fourth-order valence-corrected chi connectivity index (χ4v) is 4.46. The van der Waals surface area contributed by atoms with Crippen LogP contribution in [0.1, 0.15) is 48.4 Å². The molecule has 1 amide bonds. The first-order valence-electron chi connectivity index (χ1n) is 10.7. The maximum atomic E-state index is 11.9. The van der Waals surface area contributed by atoms with Gasteiger partial charge < -0.3 is 16.0 Å². The Morgan fingerprint density at radius 2 is 1.90 bits per heavy atom. The first-order valence-corrected chi connectivity index (χ1v) is 10.7. The second kappa shape index (κ2) is 9.99. The van der Waals surface area contributed by atoms with E-state index in [4.69, 9.17) is 0 Å². The fraction of sp³-hybridized carbons (Fsp3) is 0.500. The van der Waals surface area contributed by atoms with Gasteiger partial charge in [-0.3, -0.25) is 9.78 Å². The number of aryl methyl sites for hydroxylation is 2. The monoisotopic (exact) mass is 394 g/mol. The van der Waals surface area contributed by atoms with E-state index in [1.165, 1.54) is 29.5 Å². The van der Waals surface area contributed by atoms with Crippen molar-refractivity contribution >= 4 is 5.91 Å². The van der Waals surface area contributed by atoms with Gasteiger partial charge in [0.25, 0.3) is 0 Å². The second-order valence-electron chi connectivity index (χ2n) is 8.28. The summed E-state index contributed by atoms with van der Waals surface area (Å²) >= 11 is 0. The first-order chi connectivity index (χ1) is 14.0. The molecule has 1 aromatic heterocycles. The van der Waals surface area contributed by atoms with Crippen LogP contribution in [-0.2, 0) is 10.3 Å². The molecule has 156 valence electrons. The van der Waals surface area contributed by atoms with Crippen molar-refractivity contribution in [2.45, 2.75) is 45.6 Å². The zero-order valence-electron chi connectivity index (χ0n) is 17.9. The summed E-state index contributed by atoms with van der Waals surface area (Å²) in [6.07, 6.45) is 7.27. The first kappa shape index (κ1) is 21.5. The zero-order valence-corrected chi connectivity index (χ0v) is 17.9. The van der Waals surface area contributed by atoms with Crippen LogP contribution in [0.25, 0.3) is 0 Å². The highest BCUT2D eigenvalue weighted by Gasteiger charge is 2.35. The molecule has 5 heteroatoms. The van der Waals surface area contributed by atoms with Crippen LogP contribution in [0.15, 0.2) is 42.7 Å². The molecular formula is C24H34N4O. The van der Waals surface area contributed by atoms with Crippen molar-refractivity contribution < 1.29 is 4.79 Å². The standard InChI is InChI=1S/C24H34N4O/c1-18-4-5-23(19(2)16-18)24(17-27-20(3)29,22-9-13-26-14-10-22)28-15-8-21-6-11-25-12-7-21/h4-5,9-10,13-14,16,21,25,28H,6-8,11-12,15,17H2,1-3H3,(H,27,29). The molecule has 0 aliphatic carbocycles. The highest BCUT2D eigenvalue weighted by atomic mass is 16.1. The third-order valence-corrected chi connectivity index (χ3v) is 6.06. The van der Waals surface area contributed by atoms with Crippen molar-refractivity contribution in [2.75, 3.05) is 26.2 Å².